The number of alkyl halides is 2. The Labute approximate surface area is 216 Å². The maximum Gasteiger partial charge on any atom is 0.356 e. The van der Waals surface area contributed by atoms with E-state index in [0.29, 0.717) is 35.6 Å². The van der Waals surface area contributed by atoms with Crippen molar-refractivity contribution >= 4 is 40.1 Å². The molecule has 9 nitrogen and oxygen atoms in total. The molecule has 2 fully saturated rings. The predicted molar refractivity (Wildman–Crippen MR) is 134 cm³/mol. The van der Waals surface area contributed by atoms with Crippen molar-refractivity contribution in [1.29, 1.82) is 5.26 Å². The van der Waals surface area contributed by atoms with Crippen LogP contribution < -0.4 is 10.2 Å². The lowest BCUT2D eigenvalue weighted by Gasteiger charge is -2.35. The van der Waals surface area contributed by atoms with Gasteiger partial charge in [-0.2, -0.15) is 5.26 Å². The van der Waals surface area contributed by atoms with Gasteiger partial charge in [-0.3, -0.25) is 4.90 Å². The number of likely N-dealkylation sites (tertiary alicyclic amines) is 1. The van der Waals surface area contributed by atoms with E-state index in [1.165, 1.54) is 6.07 Å². The van der Waals surface area contributed by atoms with Crippen LogP contribution in [0.5, 0.6) is 0 Å². The standard InChI is InChI=1S/C25H24ClF2N7O2/c1-12-5-16(13(2)30-17-3-4-20(26)32-23(17)25(36)37)22-18(6-12)31-19(8-29)24(33-22)35-10-14-7-15(35)9-34(14)11-21(27)28/h3-6,13-15,21,30H,7,9-11H2,1-2H3,(H,36,37)/t13-,14?,15?/m1/s1. The number of hydrogen-bond donors (Lipinski definition) is 2. The zero-order valence-corrected chi connectivity index (χ0v) is 20.9. The summed E-state index contributed by atoms with van der Waals surface area (Å²) in [4.78, 5) is 28.9. The number of aryl methyl sites for hydroxylation is 1. The molecule has 2 aromatic heterocycles. The van der Waals surface area contributed by atoms with Crippen molar-refractivity contribution in [2.75, 3.05) is 29.9 Å². The molecule has 0 aliphatic carbocycles. The SMILES string of the molecule is Cc1cc([C@@H](C)Nc2ccc(Cl)nc2C(=O)O)c2nc(N3CC4CC3CN4CC(F)F)c(C#N)nc2c1. The van der Waals surface area contributed by atoms with Crippen LogP contribution in [-0.2, 0) is 0 Å². The second-order valence-corrected chi connectivity index (χ2v) is 9.86. The Morgan fingerprint density at radius 3 is 2.70 bits per heavy atom. The van der Waals surface area contributed by atoms with E-state index in [-0.39, 0.29) is 35.2 Å². The third-order valence-corrected chi connectivity index (χ3v) is 7.14. The molecule has 0 amide bonds. The molecule has 2 saturated heterocycles. The van der Waals surface area contributed by atoms with Gasteiger partial charge in [0.1, 0.15) is 11.2 Å². The van der Waals surface area contributed by atoms with Crippen LogP contribution in [0.25, 0.3) is 11.0 Å². The molecule has 4 heterocycles. The molecule has 192 valence electrons. The first-order valence-electron chi connectivity index (χ1n) is 11.8. The van der Waals surface area contributed by atoms with Gasteiger partial charge in [-0.1, -0.05) is 17.7 Å². The van der Waals surface area contributed by atoms with Gasteiger partial charge in [0.15, 0.2) is 17.2 Å². The molecule has 2 aliphatic rings. The van der Waals surface area contributed by atoms with E-state index in [2.05, 4.69) is 21.4 Å². The van der Waals surface area contributed by atoms with E-state index in [1.54, 1.807) is 11.0 Å². The van der Waals surface area contributed by atoms with Gasteiger partial charge in [0.2, 0.25) is 0 Å². The minimum Gasteiger partial charge on any atom is -0.476 e. The number of nitrogens with zero attached hydrogens (tertiary/aromatic N) is 6. The minimum atomic E-state index is -2.39. The van der Waals surface area contributed by atoms with Crippen molar-refractivity contribution in [2.45, 2.75) is 44.8 Å². The average Bonchev–Trinajstić information content (AvgIpc) is 3.43. The van der Waals surface area contributed by atoms with Gasteiger partial charge < -0.3 is 15.3 Å². The Balaban J connectivity index is 1.52. The van der Waals surface area contributed by atoms with E-state index in [9.17, 15) is 23.9 Å². The number of pyridine rings is 1. The number of hydrogen-bond acceptors (Lipinski definition) is 8. The summed E-state index contributed by atoms with van der Waals surface area (Å²) in [5, 5.41) is 22.7. The number of fused-ring (bicyclic) bond motifs is 3. The summed E-state index contributed by atoms with van der Waals surface area (Å²) in [6.07, 6.45) is -1.66. The summed E-state index contributed by atoms with van der Waals surface area (Å²) in [5.41, 5.74) is 3.08. The normalized spacial score (nSPS) is 20.0. The molecule has 5 rings (SSSR count). The lowest BCUT2D eigenvalue weighted by molar-refractivity contribution is 0.0691. The highest BCUT2D eigenvalue weighted by atomic mass is 35.5. The lowest BCUT2D eigenvalue weighted by atomic mass is 10.0. The molecule has 0 saturated carbocycles. The third kappa shape index (κ3) is 4.74. The number of aromatic carboxylic acids is 1. The maximum atomic E-state index is 13.0. The quantitative estimate of drug-likeness (QED) is 0.434. The van der Waals surface area contributed by atoms with Crippen LogP contribution in [0.4, 0.5) is 20.3 Å². The number of aromatic nitrogens is 3. The molecule has 1 aromatic carbocycles. The number of nitrogens with one attached hydrogen (secondary N) is 1. The van der Waals surface area contributed by atoms with E-state index in [0.717, 1.165) is 17.5 Å². The second kappa shape index (κ2) is 9.68. The molecule has 2 bridgehead atoms. The fraction of sp³-hybridized carbons (Fsp3) is 0.400. The summed E-state index contributed by atoms with van der Waals surface area (Å²) in [6.45, 7) is 4.50. The van der Waals surface area contributed by atoms with Crippen molar-refractivity contribution in [1.82, 2.24) is 19.9 Å². The number of piperazine rings is 1. The highest BCUT2D eigenvalue weighted by molar-refractivity contribution is 6.29. The molecular weight excluding hydrogens is 504 g/mol. The van der Waals surface area contributed by atoms with E-state index in [1.807, 2.05) is 30.9 Å². The van der Waals surface area contributed by atoms with Gasteiger partial charge in [0, 0.05) is 30.7 Å². The van der Waals surface area contributed by atoms with E-state index in [4.69, 9.17) is 16.6 Å². The Bertz CT molecular complexity index is 1430. The van der Waals surface area contributed by atoms with Gasteiger partial charge in [-0.05, 0) is 44.0 Å². The second-order valence-electron chi connectivity index (χ2n) is 9.47. The zero-order chi connectivity index (χ0) is 26.4. The topological polar surface area (TPSA) is 118 Å². The molecule has 12 heteroatoms. The summed E-state index contributed by atoms with van der Waals surface area (Å²) in [6, 6.07) is 8.56. The number of halogens is 3. The molecule has 0 spiro atoms. The van der Waals surface area contributed by atoms with Crippen LogP contribution in [0.1, 0.15) is 46.7 Å². The molecule has 2 aliphatic heterocycles. The number of carboxylic acids is 1. The number of benzene rings is 1. The molecule has 3 atom stereocenters. The average molecular weight is 528 g/mol. The molecule has 2 N–H and O–H groups in total. The van der Waals surface area contributed by atoms with Crippen LogP contribution >= 0.6 is 11.6 Å². The summed E-state index contributed by atoms with van der Waals surface area (Å²) in [5.74, 6) is -0.770. The molecule has 0 radical (unpaired) electrons. The highest BCUT2D eigenvalue weighted by Gasteiger charge is 2.45. The first-order valence-corrected chi connectivity index (χ1v) is 12.2. The fourth-order valence-electron chi connectivity index (χ4n) is 5.36. The van der Waals surface area contributed by atoms with Gasteiger partial charge >= 0.3 is 5.97 Å². The number of rotatable bonds is 7. The van der Waals surface area contributed by atoms with Gasteiger partial charge in [-0.15, -0.1) is 0 Å². The van der Waals surface area contributed by atoms with Gasteiger partial charge in [-0.25, -0.2) is 28.5 Å². The van der Waals surface area contributed by atoms with E-state index >= 15 is 0 Å². The van der Waals surface area contributed by atoms with Crippen molar-refractivity contribution in [3.05, 3.63) is 51.9 Å². The highest BCUT2D eigenvalue weighted by Crippen LogP contribution is 2.37. The molecule has 3 aromatic rings. The Hall–Kier alpha value is -3.62. The smallest absolute Gasteiger partial charge is 0.356 e. The fourth-order valence-corrected chi connectivity index (χ4v) is 5.51. The van der Waals surface area contributed by atoms with Crippen LogP contribution in [0.3, 0.4) is 0 Å². The number of anilines is 2. The summed E-state index contributed by atoms with van der Waals surface area (Å²) in [7, 11) is 0. The minimum absolute atomic E-state index is 0.0204. The van der Waals surface area contributed by atoms with Crippen LogP contribution in [0.2, 0.25) is 5.15 Å². The summed E-state index contributed by atoms with van der Waals surface area (Å²) >= 11 is 5.89. The lowest BCUT2D eigenvalue weighted by Crippen LogP contribution is -2.48. The van der Waals surface area contributed by atoms with Crippen LogP contribution in [-0.4, -0.2) is 69.1 Å². The van der Waals surface area contributed by atoms with Gasteiger partial charge in [0.25, 0.3) is 6.43 Å². The number of nitriles is 1. The predicted octanol–water partition coefficient (Wildman–Crippen LogP) is 4.26. The molecular formula is C25H24ClF2N7O2. The monoisotopic (exact) mass is 527 g/mol. The van der Waals surface area contributed by atoms with Gasteiger partial charge in [0.05, 0.1) is 29.3 Å². The third-order valence-electron chi connectivity index (χ3n) is 6.93. The van der Waals surface area contributed by atoms with Crippen molar-refractivity contribution in [3.8, 4) is 6.07 Å². The molecule has 37 heavy (non-hydrogen) atoms. The van der Waals surface area contributed by atoms with Crippen LogP contribution in [0, 0.1) is 18.3 Å². The van der Waals surface area contributed by atoms with Crippen molar-refractivity contribution < 1.29 is 18.7 Å². The van der Waals surface area contributed by atoms with Crippen molar-refractivity contribution in [3.63, 3.8) is 0 Å². The van der Waals surface area contributed by atoms with Crippen LogP contribution in [0.15, 0.2) is 24.3 Å². The number of carboxylic acid groups (broad SMARTS) is 1. The Morgan fingerprint density at radius 1 is 1.27 bits per heavy atom. The molecule has 2 unspecified atom stereocenters. The summed E-state index contributed by atoms with van der Waals surface area (Å²) < 4.78 is 25.9. The zero-order valence-electron chi connectivity index (χ0n) is 20.1. The first-order chi connectivity index (χ1) is 17.6. The Kier molecular flexibility index (Phi) is 6.56. The number of carbonyl (C=O) groups is 1. The Morgan fingerprint density at radius 2 is 2.05 bits per heavy atom. The van der Waals surface area contributed by atoms with E-state index < -0.39 is 18.4 Å². The largest absolute Gasteiger partial charge is 0.476 e. The first kappa shape index (κ1) is 25.0. The van der Waals surface area contributed by atoms with Crippen molar-refractivity contribution in [2.24, 2.45) is 0 Å². The maximum absolute atomic E-state index is 13.0.